The molecule has 3 atom stereocenters. The van der Waals surface area contributed by atoms with Crippen molar-refractivity contribution in [3.05, 3.63) is 48.2 Å². The van der Waals surface area contributed by atoms with Gasteiger partial charge in [0.05, 0.1) is 7.11 Å². The lowest BCUT2D eigenvalue weighted by Gasteiger charge is -2.39. The average molecular weight is 468 g/mol. The average Bonchev–Trinajstić information content (AvgIpc) is 3.36. The summed E-state index contributed by atoms with van der Waals surface area (Å²) in [6.45, 7) is 3.34. The number of hydrogen-bond donors (Lipinski definition) is 1. The number of anilines is 4. The van der Waals surface area contributed by atoms with Crippen LogP contribution in [0.3, 0.4) is 0 Å². The van der Waals surface area contributed by atoms with Crippen LogP contribution in [0.2, 0.25) is 0 Å². The van der Waals surface area contributed by atoms with Crippen LogP contribution in [-0.2, 0) is 6.54 Å². The number of piperidine rings is 1. The number of benzene rings is 1. The lowest BCUT2D eigenvalue weighted by molar-refractivity contribution is 0.374. The van der Waals surface area contributed by atoms with Crippen molar-refractivity contribution in [2.75, 3.05) is 41.9 Å². The normalized spacial score (nSPS) is 23.7. The van der Waals surface area contributed by atoms with E-state index in [0.717, 1.165) is 50.7 Å². The first-order valence-corrected chi connectivity index (χ1v) is 11.8. The van der Waals surface area contributed by atoms with Crippen molar-refractivity contribution < 1.29 is 13.5 Å². The van der Waals surface area contributed by atoms with E-state index >= 15 is 0 Å². The molecule has 6 rings (SSSR count). The van der Waals surface area contributed by atoms with Crippen molar-refractivity contribution in [1.29, 1.82) is 0 Å². The van der Waals surface area contributed by atoms with Gasteiger partial charge in [0.15, 0.2) is 11.6 Å². The zero-order valence-electron chi connectivity index (χ0n) is 19.0. The highest BCUT2D eigenvalue weighted by Gasteiger charge is 2.43. The summed E-state index contributed by atoms with van der Waals surface area (Å²) in [6, 6.07) is 8.29. The van der Waals surface area contributed by atoms with E-state index in [1.807, 2.05) is 21.7 Å². The van der Waals surface area contributed by atoms with Crippen LogP contribution in [-0.4, -0.2) is 52.5 Å². The van der Waals surface area contributed by atoms with Crippen molar-refractivity contribution in [2.24, 2.45) is 11.8 Å². The fourth-order valence-corrected chi connectivity index (χ4v) is 5.65. The lowest BCUT2D eigenvalue weighted by Crippen LogP contribution is -2.48. The number of halogens is 2. The highest BCUT2D eigenvalue weighted by Crippen LogP contribution is 2.40. The molecular weight excluding hydrogens is 440 g/mol. The number of hydrogen-bond acceptors (Lipinski definition) is 7. The summed E-state index contributed by atoms with van der Waals surface area (Å²) in [7, 11) is 1.64. The zero-order valence-corrected chi connectivity index (χ0v) is 19.0. The van der Waals surface area contributed by atoms with E-state index in [2.05, 4.69) is 15.2 Å². The van der Waals surface area contributed by atoms with E-state index in [1.54, 1.807) is 19.4 Å². The molecule has 3 aliphatic rings. The topological polar surface area (TPSA) is 71.3 Å². The van der Waals surface area contributed by atoms with Gasteiger partial charge in [0.1, 0.15) is 0 Å². The minimum Gasteiger partial charge on any atom is -0.481 e. The van der Waals surface area contributed by atoms with Gasteiger partial charge in [0.2, 0.25) is 17.8 Å². The predicted molar refractivity (Wildman–Crippen MR) is 125 cm³/mol. The molecule has 1 aliphatic carbocycles. The van der Waals surface area contributed by atoms with Crippen molar-refractivity contribution in [1.82, 2.24) is 19.7 Å². The molecule has 0 amide bonds. The van der Waals surface area contributed by atoms with Crippen molar-refractivity contribution in [3.63, 3.8) is 0 Å². The van der Waals surface area contributed by atoms with Gasteiger partial charge in [-0.1, -0.05) is 0 Å². The molecule has 1 saturated carbocycles. The SMILES string of the molecule is COc1cc(N2C[C@H]3CC[C@@H](C2)C3Nc2nc3n(n2)CCCN3c2ccc(F)c(F)c2)ccn1. The molecule has 2 aromatic heterocycles. The first-order chi connectivity index (χ1) is 16.6. The van der Waals surface area contributed by atoms with Crippen LogP contribution in [0, 0.1) is 23.5 Å². The van der Waals surface area contributed by atoms with Crippen LogP contribution in [0.1, 0.15) is 19.3 Å². The molecule has 1 saturated heterocycles. The largest absolute Gasteiger partial charge is 0.481 e. The maximum absolute atomic E-state index is 13.8. The third kappa shape index (κ3) is 3.70. The number of pyridine rings is 1. The van der Waals surface area contributed by atoms with Gasteiger partial charge in [-0.2, -0.15) is 4.98 Å². The molecule has 0 spiro atoms. The molecule has 1 N–H and O–H groups in total. The fourth-order valence-electron chi connectivity index (χ4n) is 5.65. The Bertz CT molecular complexity index is 1190. The first-order valence-electron chi connectivity index (χ1n) is 11.8. The monoisotopic (exact) mass is 467 g/mol. The van der Waals surface area contributed by atoms with Gasteiger partial charge in [0.25, 0.3) is 0 Å². The summed E-state index contributed by atoms with van der Waals surface area (Å²) in [5.74, 6) is 1.16. The summed E-state index contributed by atoms with van der Waals surface area (Å²) in [5, 5.41) is 8.32. The number of rotatable bonds is 5. The highest BCUT2D eigenvalue weighted by atomic mass is 19.2. The van der Waals surface area contributed by atoms with Crippen LogP contribution < -0.4 is 19.9 Å². The van der Waals surface area contributed by atoms with E-state index < -0.39 is 11.6 Å². The first kappa shape index (κ1) is 21.1. The van der Waals surface area contributed by atoms with E-state index in [-0.39, 0.29) is 0 Å². The number of fused-ring (bicyclic) bond motifs is 3. The van der Waals surface area contributed by atoms with Gasteiger partial charge >= 0.3 is 0 Å². The Labute approximate surface area is 196 Å². The molecule has 4 heterocycles. The van der Waals surface area contributed by atoms with Crippen LogP contribution in [0.25, 0.3) is 0 Å². The van der Waals surface area contributed by atoms with E-state index in [1.165, 1.54) is 6.07 Å². The number of nitrogens with one attached hydrogen (secondary N) is 1. The van der Waals surface area contributed by atoms with Crippen LogP contribution in [0.15, 0.2) is 36.5 Å². The fraction of sp³-hybridized carbons (Fsp3) is 0.458. The minimum absolute atomic E-state index is 0.307. The lowest BCUT2D eigenvalue weighted by atomic mass is 9.92. The van der Waals surface area contributed by atoms with Gasteiger partial charge in [-0.05, 0) is 49.3 Å². The molecule has 0 radical (unpaired) electrons. The van der Waals surface area contributed by atoms with Crippen molar-refractivity contribution >= 4 is 23.3 Å². The standard InChI is InChI=1S/C24H27F2N7O/c1-34-21-12-17(7-8-27-21)31-13-15-3-4-16(14-31)22(15)28-23-29-24-32(9-2-10-33(24)30-23)18-5-6-19(25)20(26)11-18/h5-8,11-12,15-16,22H,2-4,9-10,13-14H2,1H3,(H,28,30)/t15-,16+,22?. The third-order valence-corrected chi connectivity index (χ3v) is 7.28. The second kappa shape index (κ2) is 8.41. The number of ether oxygens (including phenoxy) is 1. The molecular formula is C24H27F2N7O. The van der Waals surface area contributed by atoms with Crippen LogP contribution >= 0.6 is 0 Å². The number of aromatic nitrogens is 4. The molecule has 2 fully saturated rings. The molecule has 1 aromatic carbocycles. The maximum Gasteiger partial charge on any atom is 0.244 e. The predicted octanol–water partition coefficient (Wildman–Crippen LogP) is 3.83. The molecule has 10 heteroatoms. The van der Waals surface area contributed by atoms with E-state index in [0.29, 0.717) is 47.9 Å². The Balaban J connectivity index is 1.20. The quantitative estimate of drug-likeness (QED) is 0.612. The highest BCUT2D eigenvalue weighted by molar-refractivity contribution is 5.59. The summed E-state index contributed by atoms with van der Waals surface area (Å²) in [4.78, 5) is 13.3. The smallest absolute Gasteiger partial charge is 0.244 e. The van der Waals surface area contributed by atoms with Crippen molar-refractivity contribution in [2.45, 2.75) is 31.8 Å². The molecule has 34 heavy (non-hydrogen) atoms. The summed E-state index contributed by atoms with van der Waals surface area (Å²) in [6.07, 6.45) is 4.97. The Hall–Kier alpha value is -3.43. The Morgan fingerprint density at radius 3 is 2.59 bits per heavy atom. The summed E-state index contributed by atoms with van der Waals surface area (Å²) < 4.78 is 34.4. The molecule has 2 aliphatic heterocycles. The van der Waals surface area contributed by atoms with Gasteiger partial charge in [-0.25, -0.2) is 18.4 Å². The van der Waals surface area contributed by atoms with Crippen molar-refractivity contribution in [3.8, 4) is 5.88 Å². The third-order valence-electron chi connectivity index (χ3n) is 7.28. The molecule has 2 bridgehead atoms. The Morgan fingerprint density at radius 2 is 1.82 bits per heavy atom. The van der Waals surface area contributed by atoms with Crippen LogP contribution in [0.5, 0.6) is 5.88 Å². The molecule has 3 aromatic rings. The van der Waals surface area contributed by atoms with Gasteiger partial charge in [-0.3, -0.25) is 0 Å². The van der Waals surface area contributed by atoms with Crippen LogP contribution in [0.4, 0.5) is 32.1 Å². The number of aryl methyl sites for hydroxylation is 1. The maximum atomic E-state index is 13.8. The van der Waals surface area contributed by atoms with Gasteiger partial charge in [-0.15, -0.1) is 5.10 Å². The Morgan fingerprint density at radius 1 is 1.00 bits per heavy atom. The summed E-state index contributed by atoms with van der Waals surface area (Å²) in [5.41, 5.74) is 1.72. The number of methoxy groups -OCH3 is 1. The van der Waals surface area contributed by atoms with E-state index in [4.69, 9.17) is 14.8 Å². The summed E-state index contributed by atoms with van der Waals surface area (Å²) >= 11 is 0. The minimum atomic E-state index is -0.859. The molecule has 1 unspecified atom stereocenters. The molecule has 8 nitrogen and oxygen atoms in total. The zero-order chi connectivity index (χ0) is 23.2. The molecule has 178 valence electrons. The second-order valence-corrected chi connectivity index (χ2v) is 9.29. The Kier molecular flexibility index (Phi) is 5.23. The van der Waals surface area contributed by atoms with E-state index in [9.17, 15) is 8.78 Å². The van der Waals surface area contributed by atoms with Gasteiger partial charge in [0, 0.05) is 61.9 Å². The van der Waals surface area contributed by atoms with Gasteiger partial charge < -0.3 is 19.9 Å². The number of nitrogens with zero attached hydrogens (tertiary/aromatic N) is 6. The second-order valence-electron chi connectivity index (χ2n) is 9.29.